The van der Waals surface area contributed by atoms with E-state index in [1.54, 1.807) is 24.3 Å². The van der Waals surface area contributed by atoms with E-state index in [0.717, 1.165) is 4.90 Å². The van der Waals surface area contributed by atoms with Crippen molar-refractivity contribution in [3.63, 3.8) is 0 Å². The van der Waals surface area contributed by atoms with Gasteiger partial charge in [-0.15, -0.1) is 11.8 Å². The minimum atomic E-state index is -0.128. The number of hydrogen-bond acceptors (Lipinski definition) is 3. The van der Waals surface area contributed by atoms with Crippen LogP contribution in [0.1, 0.15) is 0 Å². The summed E-state index contributed by atoms with van der Waals surface area (Å²) in [5.74, 6) is 0.142. The van der Waals surface area contributed by atoms with E-state index in [0.29, 0.717) is 21.4 Å². The van der Waals surface area contributed by atoms with Crippen molar-refractivity contribution >= 4 is 52.2 Å². The van der Waals surface area contributed by atoms with Gasteiger partial charge in [0.1, 0.15) is 0 Å². The molecule has 0 atom stereocenters. The van der Waals surface area contributed by atoms with Crippen LogP contribution in [0.2, 0.25) is 10.0 Å². The molecule has 0 aliphatic carbocycles. The number of thioether (sulfide) groups is 1. The Morgan fingerprint density at radius 2 is 1.90 bits per heavy atom. The number of halogens is 2. The molecular formula is C14H12Cl2N2OS. The molecule has 0 heterocycles. The molecule has 0 fully saturated rings. The quantitative estimate of drug-likeness (QED) is 0.650. The van der Waals surface area contributed by atoms with Crippen LogP contribution < -0.4 is 11.1 Å². The molecule has 0 radical (unpaired) electrons. The number of carbonyl (C=O) groups excluding carboxylic acids is 1. The average Bonchev–Trinajstić information content (AvgIpc) is 2.42. The Morgan fingerprint density at radius 1 is 1.15 bits per heavy atom. The molecule has 0 saturated carbocycles. The highest BCUT2D eigenvalue weighted by Gasteiger charge is 2.07. The molecular weight excluding hydrogens is 315 g/mol. The van der Waals surface area contributed by atoms with Crippen LogP contribution in [0.3, 0.4) is 0 Å². The molecule has 3 nitrogen and oxygen atoms in total. The van der Waals surface area contributed by atoms with Gasteiger partial charge in [0.05, 0.1) is 21.5 Å². The van der Waals surface area contributed by atoms with E-state index in [2.05, 4.69) is 5.32 Å². The van der Waals surface area contributed by atoms with E-state index in [9.17, 15) is 4.79 Å². The Hall–Kier alpha value is -1.36. The van der Waals surface area contributed by atoms with Crippen LogP contribution in [0, 0.1) is 0 Å². The summed E-state index contributed by atoms with van der Waals surface area (Å²) < 4.78 is 0. The van der Waals surface area contributed by atoms with Crippen molar-refractivity contribution in [1.29, 1.82) is 0 Å². The molecule has 2 aromatic carbocycles. The number of nitrogen functional groups attached to an aromatic ring is 1. The highest BCUT2D eigenvalue weighted by molar-refractivity contribution is 8.00. The minimum Gasteiger partial charge on any atom is -0.397 e. The number of hydrogen-bond donors (Lipinski definition) is 2. The molecule has 1 amide bonds. The predicted molar refractivity (Wildman–Crippen MR) is 86.7 cm³/mol. The summed E-state index contributed by atoms with van der Waals surface area (Å²) >= 11 is 13.2. The smallest absolute Gasteiger partial charge is 0.234 e. The van der Waals surface area contributed by atoms with Gasteiger partial charge < -0.3 is 11.1 Å². The van der Waals surface area contributed by atoms with Crippen molar-refractivity contribution in [3.8, 4) is 0 Å². The summed E-state index contributed by atoms with van der Waals surface area (Å²) in [5.41, 5.74) is 6.73. The van der Waals surface area contributed by atoms with E-state index in [1.165, 1.54) is 11.8 Å². The van der Waals surface area contributed by atoms with Crippen LogP contribution in [-0.2, 0) is 4.79 Å². The minimum absolute atomic E-state index is 0.128. The molecule has 0 spiro atoms. The van der Waals surface area contributed by atoms with Crippen LogP contribution in [0.5, 0.6) is 0 Å². The molecule has 2 aromatic rings. The molecule has 2 rings (SSSR count). The van der Waals surface area contributed by atoms with Gasteiger partial charge in [-0.05, 0) is 30.3 Å². The van der Waals surface area contributed by atoms with Crippen LogP contribution in [-0.4, -0.2) is 11.7 Å². The summed E-state index contributed by atoms with van der Waals surface area (Å²) in [6.07, 6.45) is 0. The number of benzene rings is 2. The third kappa shape index (κ3) is 4.07. The Kier molecular flexibility index (Phi) is 5.17. The third-order valence-corrected chi connectivity index (χ3v) is 4.33. The monoisotopic (exact) mass is 326 g/mol. The highest BCUT2D eigenvalue weighted by atomic mass is 35.5. The van der Waals surface area contributed by atoms with Crippen molar-refractivity contribution in [2.45, 2.75) is 4.90 Å². The number of carbonyl (C=O) groups is 1. The topological polar surface area (TPSA) is 55.1 Å². The molecule has 0 aliphatic rings. The van der Waals surface area contributed by atoms with Gasteiger partial charge in [-0.1, -0.05) is 35.3 Å². The largest absolute Gasteiger partial charge is 0.397 e. The third-order valence-electron chi connectivity index (χ3n) is 2.48. The van der Waals surface area contributed by atoms with Gasteiger partial charge in [0.25, 0.3) is 0 Å². The fourth-order valence-electron chi connectivity index (χ4n) is 1.52. The first kappa shape index (κ1) is 15.0. The molecule has 3 N–H and O–H groups in total. The average molecular weight is 327 g/mol. The standard InChI is InChI=1S/C14H12Cl2N2OS/c15-10-6-5-9(7-12(10)17)18-14(19)8-20-13-4-2-1-3-11(13)16/h1-7H,8,17H2,(H,18,19). The number of nitrogens with two attached hydrogens (primary N) is 1. The first-order valence-corrected chi connectivity index (χ1v) is 7.52. The maximum atomic E-state index is 11.8. The maximum absolute atomic E-state index is 11.8. The molecule has 0 bridgehead atoms. The van der Waals surface area contributed by atoms with Crippen LogP contribution in [0.4, 0.5) is 11.4 Å². The van der Waals surface area contributed by atoms with Gasteiger partial charge in [0.2, 0.25) is 5.91 Å². The lowest BCUT2D eigenvalue weighted by molar-refractivity contribution is -0.113. The molecule has 0 unspecified atom stereocenters. The molecule has 0 aliphatic heterocycles. The van der Waals surface area contributed by atoms with Crippen molar-refractivity contribution in [3.05, 3.63) is 52.5 Å². The first-order valence-electron chi connectivity index (χ1n) is 5.78. The second kappa shape index (κ2) is 6.88. The molecule has 6 heteroatoms. The summed E-state index contributed by atoms with van der Waals surface area (Å²) in [4.78, 5) is 12.7. The fraction of sp³-hybridized carbons (Fsp3) is 0.0714. The lowest BCUT2D eigenvalue weighted by atomic mass is 10.3. The van der Waals surface area contributed by atoms with Gasteiger partial charge >= 0.3 is 0 Å². The highest BCUT2D eigenvalue weighted by Crippen LogP contribution is 2.27. The summed E-state index contributed by atoms with van der Waals surface area (Å²) in [5, 5.41) is 3.86. The second-order valence-corrected chi connectivity index (χ2v) is 5.84. The van der Waals surface area contributed by atoms with Gasteiger partial charge in [0, 0.05) is 10.6 Å². The van der Waals surface area contributed by atoms with Crippen molar-refractivity contribution < 1.29 is 4.79 Å². The fourth-order valence-corrected chi connectivity index (χ4v) is 2.68. The summed E-state index contributed by atoms with van der Waals surface area (Å²) in [6, 6.07) is 12.4. The summed E-state index contributed by atoms with van der Waals surface area (Å²) in [7, 11) is 0. The number of rotatable bonds is 4. The lowest BCUT2D eigenvalue weighted by Crippen LogP contribution is -2.14. The van der Waals surface area contributed by atoms with Gasteiger partial charge in [-0.3, -0.25) is 4.79 Å². The Morgan fingerprint density at radius 3 is 2.60 bits per heavy atom. The zero-order chi connectivity index (χ0) is 14.5. The van der Waals surface area contributed by atoms with Gasteiger partial charge in [0.15, 0.2) is 0 Å². The SMILES string of the molecule is Nc1cc(NC(=O)CSc2ccccc2Cl)ccc1Cl. The van der Waals surface area contributed by atoms with Crippen LogP contribution in [0.15, 0.2) is 47.4 Å². The first-order chi connectivity index (χ1) is 9.56. The van der Waals surface area contributed by atoms with E-state index >= 15 is 0 Å². The molecule has 0 aromatic heterocycles. The van der Waals surface area contributed by atoms with E-state index in [1.807, 2.05) is 18.2 Å². The summed E-state index contributed by atoms with van der Waals surface area (Å²) in [6.45, 7) is 0. The van der Waals surface area contributed by atoms with Gasteiger partial charge in [-0.25, -0.2) is 0 Å². The lowest BCUT2D eigenvalue weighted by Gasteiger charge is -2.07. The number of anilines is 2. The van der Waals surface area contributed by atoms with E-state index in [-0.39, 0.29) is 11.7 Å². The Labute approximate surface area is 131 Å². The molecule has 20 heavy (non-hydrogen) atoms. The second-order valence-electron chi connectivity index (χ2n) is 4.00. The van der Waals surface area contributed by atoms with Crippen LogP contribution in [0.25, 0.3) is 0 Å². The molecule has 104 valence electrons. The van der Waals surface area contributed by atoms with Crippen LogP contribution >= 0.6 is 35.0 Å². The van der Waals surface area contributed by atoms with Crippen molar-refractivity contribution in [1.82, 2.24) is 0 Å². The van der Waals surface area contributed by atoms with E-state index < -0.39 is 0 Å². The maximum Gasteiger partial charge on any atom is 0.234 e. The van der Waals surface area contributed by atoms with Gasteiger partial charge in [-0.2, -0.15) is 0 Å². The molecule has 0 saturated heterocycles. The Balaban J connectivity index is 1.93. The van der Waals surface area contributed by atoms with Crippen molar-refractivity contribution in [2.75, 3.05) is 16.8 Å². The zero-order valence-corrected chi connectivity index (χ0v) is 12.7. The van der Waals surface area contributed by atoms with E-state index in [4.69, 9.17) is 28.9 Å². The van der Waals surface area contributed by atoms with Crippen molar-refractivity contribution in [2.24, 2.45) is 0 Å². The Bertz CT molecular complexity index is 634. The predicted octanol–water partition coefficient (Wildman–Crippen LogP) is 4.31. The zero-order valence-electron chi connectivity index (χ0n) is 10.4. The number of nitrogens with one attached hydrogen (secondary N) is 1. The normalized spacial score (nSPS) is 10.3. The number of amides is 1.